The van der Waals surface area contributed by atoms with Crippen molar-refractivity contribution in [3.8, 4) is 12.3 Å². The maximum atomic E-state index is 12.3. The van der Waals surface area contributed by atoms with Gasteiger partial charge in [-0.2, -0.15) is 4.31 Å². The molecule has 20 heavy (non-hydrogen) atoms. The van der Waals surface area contributed by atoms with E-state index < -0.39 is 10.0 Å². The Morgan fingerprint density at radius 1 is 1.30 bits per heavy atom. The average molecular weight is 294 g/mol. The highest BCUT2D eigenvalue weighted by Gasteiger charge is 2.21. The van der Waals surface area contributed by atoms with E-state index >= 15 is 0 Å². The Labute approximate surface area is 122 Å². The number of nitrogens with zero attached hydrogens (tertiary/aromatic N) is 1. The van der Waals surface area contributed by atoms with Gasteiger partial charge in [0, 0.05) is 6.54 Å². The summed E-state index contributed by atoms with van der Waals surface area (Å²) in [4.78, 5) is 0.298. The van der Waals surface area contributed by atoms with Gasteiger partial charge in [-0.3, -0.25) is 0 Å². The number of benzene rings is 1. The fourth-order valence-corrected chi connectivity index (χ4v) is 3.28. The molecule has 4 nitrogen and oxygen atoms in total. The van der Waals surface area contributed by atoms with Crippen LogP contribution in [0.4, 0.5) is 0 Å². The van der Waals surface area contributed by atoms with Crippen LogP contribution in [-0.2, 0) is 16.4 Å². The molecule has 0 radical (unpaired) electrons. The van der Waals surface area contributed by atoms with Gasteiger partial charge in [0.25, 0.3) is 0 Å². The number of nitrogens with one attached hydrogen (secondary N) is 1. The van der Waals surface area contributed by atoms with Gasteiger partial charge >= 0.3 is 0 Å². The highest BCUT2D eigenvalue weighted by Crippen LogP contribution is 2.16. The summed E-state index contributed by atoms with van der Waals surface area (Å²) in [5.41, 5.74) is 1.14. The smallest absolute Gasteiger partial charge is 0.243 e. The predicted octanol–water partition coefficient (Wildman–Crippen LogP) is 1.48. The second-order valence-electron chi connectivity index (χ2n) is 4.49. The number of hydrogen-bond donors (Lipinski definition) is 1. The van der Waals surface area contributed by atoms with Crippen LogP contribution in [0.5, 0.6) is 0 Å². The molecule has 0 heterocycles. The summed E-state index contributed by atoms with van der Waals surface area (Å²) in [6.07, 6.45) is 7.17. The highest BCUT2D eigenvalue weighted by atomic mass is 32.2. The molecule has 0 saturated carbocycles. The largest absolute Gasteiger partial charge is 0.320 e. The second kappa shape index (κ2) is 8.05. The van der Waals surface area contributed by atoms with Gasteiger partial charge in [-0.25, -0.2) is 8.42 Å². The molecule has 0 aliphatic carbocycles. The first-order valence-electron chi connectivity index (χ1n) is 6.73. The van der Waals surface area contributed by atoms with E-state index in [1.54, 1.807) is 19.1 Å². The first-order valence-corrected chi connectivity index (χ1v) is 8.17. The van der Waals surface area contributed by atoms with Crippen molar-refractivity contribution in [1.29, 1.82) is 0 Å². The van der Waals surface area contributed by atoms with E-state index in [-0.39, 0.29) is 6.54 Å². The minimum absolute atomic E-state index is 0.1000. The van der Waals surface area contributed by atoms with Gasteiger partial charge < -0.3 is 5.32 Å². The SMILES string of the molecule is C#CCN(CC)S(=O)(=O)c1ccc(CCCNC)cc1. The number of terminal acetylenes is 1. The van der Waals surface area contributed by atoms with E-state index in [0.717, 1.165) is 24.9 Å². The molecule has 0 aromatic heterocycles. The molecule has 0 saturated heterocycles. The van der Waals surface area contributed by atoms with Crippen LogP contribution in [0, 0.1) is 12.3 Å². The van der Waals surface area contributed by atoms with Crippen LogP contribution in [0.15, 0.2) is 29.2 Å². The maximum absolute atomic E-state index is 12.3. The molecular weight excluding hydrogens is 272 g/mol. The van der Waals surface area contributed by atoms with Crippen LogP contribution in [0.25, 0.3) is 0 Å². The van der Waals surface area contributed by atoms with Gasteiger partial charge in [-0.1, -0.05) is 25.0 Å². The fourth-order valence-electron chi connectivity index (χ4n) is 1.92. The molecule has 0 amide bonds. The fraction of sp³-hybridized carbons (Fsp3) is 0.467. The monoisotopic (exact) mass is 294 g/mol. The molecule has 0 spiro atoms. The molecule has 110 valence electrons. The number of rotatable bonds is 8. The van der Waals surface area contributed by atoms with Gasteiger partial charge in [-0.15, -0.1) is 6.42 Å². The molecule has 0 aliphatic rings. The molecule has 1 rings (SSSR count). The molecule has 1 aromatic rings. The van der Waals surface area contributed by atoms with Crippen molar-refractivity contribution < 1.29 is 8.42 Å². The van der Waals surface area contributed by atoms with E-state index in [1.807, 2.05) is 19.2 Å². The summed E-state index contributed by atoms with van der Waals surface area (Å²) < 4.78 is 26.0. The standard InChI is InChI=1S/C15H22N2O2S/c1-4-13-17(5-2)20(18,19)15-10-8-14(9-11-15)7-6-12-16-3/h1,8-11,16H,5-7,12-13H2,2-3H3. The van der Waals surface area contributed by atoms with E-state index in [1.165, 1.54) is 4.31 Å². The highest BCUT2D eigenvalue weighted by molar-refractivity contribution is 7.89. The summed E-state index contributed by atoms with van der Waals surface area (Å²) in [6.45, 7) is 3.20. The summed E-state index contributed by atoms with van der Waals surface area (Å²) >= 11 is 0. The Morgan fingerprint density at radius 3 is 2.45 bits per heavy atom. The molecule has 0 bridgehead atoms. The third-order valence-corrected chi connectivity index (χ3v) is 5.01. The van der Waals surface area contributed by atoms with Crippen molar-refractivity contribution in [1.82, 2.24) is 9.62 Å². The Kier molecular flexibility index (Phi) is 6.73. The number of sulfonamides is 1. The van der Waals surface area contributed by atoms with Crippen molar-refractivity contribution >= 4 is 10.0 Å². The topological polar surface area (TPSA) is 49.4 Å². The molecule has 1 aromatic carbocycles. The van der Waals surface area contributed by atoms with Gasteiger partial charge in [0.15, 0.2) is 0 Å². The lowest BCUT2D eigenvalue weighted by molar-refractivity contribution is 0.464. The van der Waals surface area contributed by atoms with Gasteiger partial charge in [-0.05, 0) is 44.1 Å². The summed E-state index contributed by atoms with van der Waals surface area (Å²) in [7, 11) is -1.56. The van der Waals surface area contributed by atoms with Crippen molar-refractivity contribution in [3.05, 3.63) is 29.8 Å². The van der Waals surface area contributed by atoms with Crippen LogP contribution >= 0.6 is 0 Å². The second-order valence-corrected chi connectivity index (χ2v) is 6.42. The Bertz CT molecular complexity index is 544. The maximum Gasteiger partial charge on any atom is 0.243 e. The zero-order valence-corrected chi connectivity index (χ0v) is 12.9. The van der Waals surface area contributed by atoms with Crippen LogP contribution in [0.3, 0.4) is 0 Å². The lowest BCUT2D eigenvalue weighted by Gasteiger charge is -2.17. The van der Waals surface area contributed by atoms with E-state index in [4.69, 9.17) is 6.42 Å². The third kappa shape index (κ3) is 4.34. The molecule has 0 aliphatic heterocycles. The van der Waals surface area contributed by atoms with Crippen LogP contribution in [0.2, 0.25) is 0 Å². The molecule has 5 heteroatoms. The minimum Gasteiger partial charge on any atom is -0.320 e. The Hall–Kier alpha value is -1.35. The van der Waals surface area contributed by atoms with Crippen molar-refractivity contribution in [2.75, 3.05) is 26.7 Å². The molecule has 1 N–H and O–H groups in total. The Balaban J connectivity index is 2.84. The predicted molar refractivity (Wildman–Crippen MR) is 82.0 cm³/mol. The van der Waals surface area contributed by atoms with Crippen molar-refractivity contribution in [3.63, 3.8) is 0 Å². The molecule has 0 atom stereocenters. The van der Waals surface area contributed by atoms with Gasteiger partial charge in [0.2, 0.25) is 10.0 Å². The van der Waals surface area contributed by atoms with Crippen molar-refractivity contribution in [2.45, 2.75) is 24.7 Å². The minimum atomic E-state index is -3.48. The lowest BCUT2D eigenvalue weighted by atomic mass is 10.1. The summed E-state index contributed by atoms with van der Waals surface area (Å²) in [6, 6.07) is 7.05. The quantitative estimate of drug-likeness (QED) is 0.584. The first-order chi connectivity index (χ1) is 9.56. The van der Waals surface area contributed by atoms with Crippen LogP contribution in [-0.4, -0.2) is 39.4 Å². The van der Waals surface area contributed by atoms with Gasteiger partial charge in [0.1, 0.15) is 0 Å². The lowest BCUT2D eigenvalue weighted by Crippen LogP contribution is -2.31. The van der Waals surface area contributed by atoms with Crippen molar-refractivity contribution in [2.24, 2.45) is 0 Å². The van der Waals surface area contributed by atoms with Gasteiger partial charge in [0.05, 0.1) is 11.4 Å². The molecule has 0 fully saturated rings. The van der Waals surface area contributed by atoms with Crippen LogP contribution < -0.4 is 5.32 Å². The number of aryl methyl sites for hydroxylation is 1. The molecule has 0 unspecified atom stereocenters. The normalized spacial score (nSPS) is 11.5. The number of hydrogen-bond acceptors (Lipinski definition) is 3. The van der Waals surface area contributed by atoms with E-state index in [9.17, 15) is 8.42 Å². The van der Waals surface area contributed by atoms with E-state index in [0.29, 0.717) is 11.4 Å². The molecular formula is C15H22N2O2S. The Morgan fingerprint density at radius 2 is 1.95 bits per heavy atom. The zero-order chi connectivity index (χ0) is 15.0. The van der Waals surface area contributed by atoms with Crippen LogP contribution in [0.1, 0.15) is 18.9 Å². The van der Waals surface area contributed by atoms with E-state index in [2.05, 4.69) is 11.2 Å². The summed E-state index contributed by atoms with van der Waals surface area (Å²) in [5.74, 6) is 2.38. The summed E-state index contributed by atoms with van der Waals surface area (Å²) in [5, 5.41) is 3.09. The first kappa shape index (κ1) is 16.7. The average Bonchev–Trinajstić information content (AvgIpc) is 2.45. The zero-order valence-electron chi connectivity index (χ0n) is 12.1. The third-order valence-electron chi connectivity index (χ3n) is 3.07.